The first kappa shape index (κ1) is 14.6. The average Bonchev–Trinajstić information content (AvgIpc) is 2.74. The number of rotatable bonds is 3. The molecule has 3 nitrogen and oxygen atoms in total. The highest BCUT2D eigenvalue weighted by molar-refractivity contribution is 5.87. The molecule has 0 aliphatic heterocycles. The Morgan fingerprint density at radius 1 is 1.25 bits per heavy atom. The molecule has 0 N–H and O–H groups in total. The van der Waals surface area contributed by atoms with Crippen LogP contribution < -0.4 is 4.74 Å². The summed E-state index contributed by atoms with van der Waals surface area (Å²) in [7, 11) is 3.08. The summed E-state index contributed by atoms with van der Waals surface area (Å²) in [4.78, 5) is 12.6. The van der Waals surface area contributed by atoms with E-state index in [1.54, 1.807) is 7.11 Å². The van der Waals surface area contributed by atoms with Crippen LogP contribution in [-0.2, 0) is 14.9 Å². The van der Waals surface area contributed by atoms with Gasteiger partial charge in [0.25, 0.3) is 0 Å². The van der Waals surface area contributed by atoms with Crippen molar-refractivity contribution in [3.63, 3.8) is 0 Å². The second kappa shape index (κ2) is 4.97. The predicted molar refractivity (Wildman–Crippen MR) is 79.0 cm³/mol. The number of carbonyl (C=O) groups is 1. The molecular formula is C17H22O3. The third kappa shape index (κ3) is 1.92. The number of hydrogen-bond acceptors (Lipinski definition) is 3. The van der Waals surface area contributed by atoms with Gasteiger partial charge in [-0.25, -0.2) is 0 Å². The molecular weight excluding hydrogens is 252 g/mol. The van der Waals surface area contributed by atoms with E-state index in [2.05, 4.69) is 26.0 Å². The van der Waals surface area contributed by atoms with Crippen LogP contribution in [0.2, 0.25) is 0 Å². The molecule has 0 aromatic heterocycles. The smallest absolute Gasteiger partial charge is 0.317 e. The molecule has 1 atom stereocenters. The Hall–Kier alpha value is -1.77. The van der Waals surface area contributed by atoms with Crippen LogP contribution in [0, 0.1) is 12.3 Å². The molecule has 0 amide bonds. The lowest BCUT2D eigenvalue weighted by Crippen LogP contribution is -2.46. The zero-order valence-electron chi connectivity index (χ0n) is 12.8. The van der Waals surface area contributed by atoms with Gasteiger partial charge >= 0.3 is 5.97 Å². The molecule has 1 aromatic rings. The Morgan fingerprint density at radius 3 is 2.45 bits per heavy atom. The summed E-state index contributed by atoms with van der Waals surface area (Å²) in [5.41, 5.74) is 0.967. The van der Waals surface area contributed by atoms with E-state index in [1.807, 2.05) is 25.1 Å². The third-order valence-electron chi connectivity index (χ3n) is 4.41. The van der Waals surface area contributed by atoms with Crippen molar-refractivity contribution < 1.29 is 14.3 Å². The Morgan fingerprint density at radius 2 is 1.95 bits per heavy atom. The monoisotopic (exact) mass is 274 g/mol. The molecule has 0 heterocycles. The fraction of sp³-hybridized carbons (Fsp3) is 0.471. The first-order valence-electron chi connectivity index (χ1n) is 6.80. The normalized spacial score (nSPS) is 23.6. The topological polar surface area (TPSA) is 35.5 Å². The highest BCUT2D eigenvalue weighted by Gasteiger charge is 2.55. The van der Waals surface area contributed by atoms with Crippen molar-refractivity contribution in [2.24, 2.45) is 5.41 Å². The Bertz CT molecular complexity index is 557. The molecule has 0 saturated carbocycles. The summed E-state index contributed by atoms with van der Waals surface area (Å²) >= 11 is 0. The first-order valence-corrected chi connectivity index (χ1v) is 6.80. The van der Waals surface area contributed by atoms with Gasteiger partial charge in [0.2, 0.25) is 0 Å². The summed E-state index contributed by atoms with van der Waals surface area (Å²) in [5, 5.41) is 0. The lowest BCUT2D eigenvalue weighted by Gasteiger charge is -2.39. The number of aryl methyl sites for hydroxylation is 1. The van der Waals surface area contributed by atoms with E-state index < -0.39 is 5.41 Å². The van der Waals surface area contributed by atoms with Gasteiger partial charge in [0.15, 0.2) is 0 Å². The van der Waals surface area contributed by atoms with Crippen LogP contribution in [0.15, 0.2) is 30.4 Å². The standard InChI is InChI=1S/C17H22O3/c1-12-7-8-14(19-4)13(11-12)17(15(18)20-5)10-6-9-16(17,2)3/h6-9,11H,10H2,1-5H3. The van der Waals surface area contributed by atoms with Gasteiger partial charge in [-0.3, -0.25) is 4.79 Å². The van der Waals surface area contributed by atoms with Crippen molar-refractivity contribution in [3.05, 3.63) is 41.5 Å². The number of methoxy groups -OCH3 is 2. The molecule has 1 aliphatic rings. The molecule has 1 unspecified atom stereocenters. The fourth-order valence-corrected chi connectivity index (χ4v) is 3.18. The number of esters is 1. The second-order valence-electron chi connectivity index (χ2n) is 5.93. The van der Waals surface area contributed by atoms with Gasteiger partial charge in [0, 0.05) is 11.0 Å². The molecule has 0 spiro atoms. The highest BCUT2D eigenvalue weighted by Crippen LogP contribution is 2.53. The largest absolute Gasteiger partial charge is 0.496 e. The summed E-state index contributed by atoms with van der Waals surface area (Å²) in [6.07, 6.45) is 4.77. The van der Waals surface area contributed by atoms with Gasteiger partial charge in [-0.15, -0.1) is 0 Å². The predicted octanol–water partition coefficient (Wildman–Crippen LogP) is 3.40. The van der Waals surface area contributed by atoms with Gasteiger partial charge in [-0.1, -0.05) is 43.7 Å². The van der Waals surface area contributed by atoms with Gasteiger partial charge in [0.1, 0.15) is 11.2 Å². The lowest BCUT2D eigenvalue weighted by molar-refractivity contribution is -0.151. The number of carbonyl (C=O) groups excluding carboxylic acids is 1. The van der Waals surface area contributed by atoms with E-state index in [1.165, 1.54) is 7.11 Å². The molecule has 108 valence electrons. The Labute approximate surface area is 120 Å². The molecule has 2 rings (SSSR count). The SMILES string of the molecule is COC(=O)C1(c2cc(C)ccc2OC)CC=CC1(C)C. The van der Waals surface area contributed by atoms with Crippen molar-refractivity contribution >= 4 is 5.97 Å². The minimum Gasteiger partial charge on any atom is -0.496 e. The maximum absolute atomic E-state index is 12.6. The minimum atomic E-state index is -0.723. The van der Waals surface area contributed by atoms with Crippen molar-refractivity contribution in [3.8, 4) is 5.75 Å². The third-order valence-corrected chi connectivity index (χ3v) is 4.41. The molecule has 1 aliphatic carbocycles. The lowest BCUT2D eigenvalue weighted by atomic mass is 9.63. The van der Waals surface area contributed by atoms with Crippen molar-refractivity contribution in [2.75, 3.05) is 14.2 Å². The number of allylic oxidation sites excluding steroid dienone is 2. The van der Waals surface area contributed by atoms with Gasteiger partial charge in [-0.05, 0) is 19.4 Å². The van der Waals surface area contributed by atoms with Crippen LogP contribution in [0.25, 0.3) is 0 Å². The quantitative estimate of drug-likeness (QED) is 0.626. The highest BCUT2D eigenvalue weighted by atomic mass is 16.5. The first-order chi connectivity index (χ1) is 9.39. The molecule has 3 heteroatoms. The summed E-state index contributed by atoms with van der Waals surface area (Å²) < 4.78 is 10.6. The van der Waals surface area contributed by atoms with Crippen LogP contribution in [0.1, 0.15) is 31.4 Å². The minimum absolute atomic E-state index is 0.212. The molecule has 1 aromatic carbocycles. The Kier molecular flexibility index (Phi) is 3.63. The molecule has 0 radical (unpaired) electrons. The van der Waals surface area contributed by atoms with E-state index in [0.717, 1.165) is 16.9 Å². The maximum Gasteiger partial charge on any atom is 0.317 e. The maximum atomic E-state index is 12.6. The summed E-state index contributed by atoms with van der Waals surface area (Å²) in [6, 6.07) is 5.94. The van der Waals surface area contributed by atoms with E-state index in [4.69, 9.17) is 9.47 Å². The van der Waals surface area contributed by atoms with Crippen LogP contribution in [0.4, 0.5) is 0 Å². The molecule has 20 heavy (non-hydrogen) atoms. The zero-order chi connectivity index (χ0) is 15.0. The zero-order valence-corrected chi connectivity index (χ0v) is 12.8. The van der Waals surface area contributed by atoms with Crippen LogP contribution in [0.5, 0.6) is 5.75 Å². The second-order valence-corrected chi connectivity index (χ2v) is 5.93. The molecule has 0 saturated heterocycles. The van der Waals surface area contributed by atoms with Crippen LogP contribution >= 0.6 is 0 Å². The van der Waals surface area contributed by atoms with Crippen molar-refractivity contribution in [2.45, 2.75) is 32.6 Å². The van der Waals surface area contributed by atoms with Gasteiger partial charge in [-0.2, -0.15) is 0 Å². The van der Waals surface area contributed by atoms with E-state index in [-0.39, 0.29) is 11.4 Å². The van der Waals surface area contributed by atoms with Crippen LogP contribution in [0.3, 0.4) is 0 Å². The van der Waals surface area contributed by atoms with Crippen molar-refractivity contribution in [1.82, 2.24) is 0 Å². The number of ether oxygens (including phenoxy) is 2. The van der Waals surface area contributed by atoms with Crippen molar-refractivity contribution in [1.29, 1.82) is 0 Å². The fourth-order valence-electron chi connectivity index (χ4n) is 3.18. The summed E-state index contributed by atoms with van der Waals surface area (Å²) in [5.74, 6) is 0.522. The van der Waals surface area contributed by atoms with Gasteiger partial charge in [0.05, 0.1) is 14.2 Å². The van der Waals surface area contributed by atoms with E-state index in [9.17, 15) is 4.79 Å². The van der Waals surface area contributed by atoms with Crippen LogP contribution in [-0.4, -0.2) is 20.2 Å². The Balaban J connectivity index is 2.72. The number of benzene rings is 1. The molecule has 0 fully saturated rings. The van der Waals surface area contributed by atoms with E-state index in [0.29, 0.717) is 6.42 Å². The summed E-state index contributed by atoms with van der Waals surface area (Å²) in [6.45, 7) is 6.15. The average molecular weight is 274 g/mol. The number of hydrogen-bond donors (Lipinski definition) is 0. The molecule has 0 bridgehead atoms. The van der Waals surface area contributed by atoms with E-state index >= 15 is 0 Å². The van der Waals surface area contributed by atoms with Gasteiger partial charge < -0.3 is 9.47 Å².